The molecule has 0 atom stereocenters. The maximum atomic E-state index is 13.7. The second kappa shape index (κ2) is 11.6. The Morgan fingerprint density at radius 2 is 1.67 bits per heavy atom. The van der Waals surface area contributed by atoms with E-state index in [0.29, 0.717) is 11.3 Å². The van der Waals surface area contributed by atoms with E-state index < -0.39 is 22.5 Å². The van der Waals surface area contributed by atoms with Crippen LogP contribution in [0.1, 0.15) is 5.56 Å². The van der Waals surface area contributed by atoms with E-state index in [9.17, 15) is 18.3 Å². The van der Waals surface area contributed by atoms with Gasteiger partial charge in [0, 0.05) is 16.7 Å². The number of carbonyl (C=O) groups excluding carboxylic acids is 1. The first-order valence-electron chi connectivity index (χ1n) is 10.4. The first-order valence-corrected chi connectivity index (χ1v) is 12.2. The van der Waals surface area contributed by atoms with Crippen molar-refractivity contribution in [1.82, 2.24) is 5.43 Å². The summed E-state index contributed by atoms with van der Waals surface area (Å²) in [4.78, 5) is 12.6. The number of phenols is 1. The Hall–Kier alpha value is -3.96. The van der Waals surface area contributed by atoms with Gasteiger partial charge in [-0.05, 0) is 42.5 Å². The van der Waals surface area contributed by atoms with Crippen molar-refractivity contribution in [2.45, 2.75) is 4.90 Å². The quantitative estimate of drug-likeness (QED) is 0.302. The van der Waals surface area contributed by atoms with Crippen LogP contribution < -0.4 is 23.9 Å². The van der Waals surface area contributed by atoms with Crippen LogP contribution >= 0.6 is 11.6 Å². The maximum absolute atomic E-state index is 13.7. The molecule has 0 radical (unpaired) electrons. The number of nitrogens with zero attached hydrogens (tertiary/aromatic N) is 2. The van der Waals surface area contributed by atoms with Crippen LogP contribution in [-0.2, 0) is 14.8 Å². The molecule has 0 heterocycles. The summed E-state index contributed by atoms with van der Waals surface area (Å²) in [5.41, 5.74) is 2.68. The van der Waals surface area contributed by atoms with Gasteiger partial charge in [-0.25, -0.2) is 13.8 Å². The van der Waals surface area contributed by atoms with E-state index >= 15 is 0 Å². The lowest BCUT2D eigenvalue weighted by Crippen LogP contribution is -2.39. The Labute approximate surface area is 213 Å². The van der Waals surface area contributed by atoms with E-state index in [2.05, 4.69) is 10.5 Å². The number of nitrogens with one attached hydrogen (secondary N) is 1. The molecule has 0 aliphatic carbocycles. The molecule has 3 aromatic rings. The minimum atomic E-state index is -4.33. The molecule has 2 N–H and O–H groups in total. The highest BCUT2D eigenvalue weighted by atomic mass is 35.5. The molecule has 10 nitrogen and oxygen atoms in total. The number of ether oxygens (including phenoxy) is 3. The first-order chi connectivity index (χ1) is 17.2. The van der Waals surface area contributed by atoms with Crippen molar-refractivity contribution >= 4 is 39.4 Å². The number of anilines is 1. The summed E-state index contributed by atoms with van der Waals surface area (Å²) in [7, 11) is -0.165. The zero-order valence-corrected chi connectivity index (χ0v) is 21.2. The fraction of sp³-hybridized carbons (Fsp3) is 0.167. The summed E-state index contributed by atoms with van der Waals surface area (Å²) in [6.07, 6.45) is 1.24. The first kappa shape index (κ1) is 26.6. The van der Waals surface area contributed by atoms with Gasteiger partial charge in [-0.1, -0.05) is 23.7 Å². The lowest BCUT2D eigenvalue weighted by molar-refractivity contribution is -0.119. The molecule has 0 spiro atoms. The summed E-state index contributed by atoms with van der Waals surface area (Å²) >= 11 is 6.14. The van der Waals surface area contributed by atoms with E-state index in [1.165, 1.54) is 70.0 Å². The number of phenolic OH excluding ortho intramolecular Hbond substituents is 1. The topological polar surface area (TPSA) is 127 Å². The van der Waals surface area contributed by atoms with Crippen molar-refractivity contribution in [3.63, 3.8) is 0 Å². The van der Waals surface area contributed by atoms with Gasteiger partial charge in [-0.2, -0.15) is 5.10 Å². The molecule has 3 rings (SSSR count). The number of hydrazone groups is 1. The standard InChI is InChI=1S/C24H24ClN3O7S/c1-33-21-10-8-17(25)12-19(21)28(15-24(30)27-26-14-16-6-4-5-7-20(16)29)36(31,32)18-9-11-22(34-2)23(13-18)35-3/h4-14,29H,15H2,1-3H3,(H,27,30)/b26-14-. The molecule has 0 bridgehead atoms. The number of benzene rings is 3. The summed E-state index contributed by atoms with van der Waals surface area (Å²) < 4.78 is 44.1. The second-order valence-electron chi connectivity index (χ2n) is 7.20. The lowest BCUT2D eigenvalue weighted by Gasteiger charge is -2.25. The van der Waals surface area contributed by atoms with E-state index in [1.54, 1.807) is 18.2 Å². The molecule has 190 valence electrons. The van der Waals surface area contributed by atoms with E-state index in [0.717, 1.165) is 4.31 Å². The Morgan fingerprint density at radius 3 is 2.33 bits per heavy atom. The maximum Gasteiger partial charge on any atom is 0.265 e. The Kier molecular flexibility index (Phi) is 8.62. The number of hydrogen-bond acceptors (Lipinski definition) is 8. The van der Waals surface area contributed by atoms with Crippen molar-refractivity contribution in [3.8, 4) is 23.0 Å². The molecule has 0 aromatic heterocycles. The number of aromatic hydroxyl groups is 1. The van der Waals surface area contributed by atoms with Crippen molar-refractivity contribution in [2.24, 2.45) is 5.10 Å². The highest BCUT2D eigenvalue weighted by Crippen LogP contribution is 2.36. The van der Waals surface area contributed by atoms with Crippen LogP contribution in [0.3, 0.4) is 0 Å². The van der Waals surface area contributed by atoms with Crippen molar-refractivity contribution < 1.29 is 32.5 Å². The Morgan fingerprint density at radius 1 is 1.00 bits per heavy atom. The van der Waals surface area contributed by atoms with Crippen LogP contribution in [0.4, 0.5) is 5.69 Å². The SMILES string of the molecule is COc1ccc(S(=O)(=O)N(CC(=O)N/N=C\c2ccccc2O)c2cc(Cl)ccc2OC)cc1OC. The summed E-state index contributed by atoms with van der Waals surface area (Å²) in [5.74, 6) is -0.0913. The van der Waals surface area contributed by atoms with Gasteiger partial charge in [-0.3, -0.25) is 9.10 Å². The number of rotatable bonds is 10. The van der Waals surface area contributed by atoms with Crippen LogP contribution in [0.25, 0.3) is 0 Å². The molecule has 0 unspecified atom stereocenters. The van der Waals surface area contributed by atoms with Crippen molar-refractivity contribution in [1.29, 1.82) is 0 Å². The molecule has 0 fully saturated rings. The predicted molar refractivity (Wildman–Crippen MR) is 136 cm³/mol. The van der Waals surface area contributed by atoms with Gasteiger partial charge in [0.05, 0.1) is 38.1 Å². The van der Waals surface area contributed by atoms with E-state index in [4.69, 9.17) is 25.8 Å². The summed E-state index contributed by atoms with van der Waals surface area (Å²) in [6, 6.07) is 14.8. The molecule has 0 aliphatic rings. The fourth-order valence-corrected chi connectivity index (χ4v) is 4.80. The molecule has 1 amide bonds. The molecule has 0 saturated heterocycles. The molecule has 12 heteroatoms. The zero-order chi connectivity index (χ0) is 26.3. The largest absolute Gasteiger partial charge is 0.507 e. The van der Waals surface area contributed by atoms with Crippen LogP contribution in [-0.4, -0.2) is 53.5 Å². The molecule has 36 heavy (non-hydrogen) atoms. The normalized spacial score (nSPS) is 11.2. The van der Waals surface area contributed by atoms with Gasteiger partial charge in [0.2, 0.25) is 0 Å². The van der Waals surface area contributed by atoms with Gasteiger partial charge in [-0.15, -0.1) is 0 Å². The second-order valence-corrected chi connectivity index (χ2v) is 9.50. The van der Waals surface area contributed by atoms with Crippen LogP contribution in [0, 0.1) is 0 Å². The minimum Gasteiger partial charge on any atom is -0.507 e. The van der Waals surface area contributed by atoms with Crippen LogP contribution in [0.2, 0.25) is 5.02 Å². The van der Waals surface area contributed by atoms with Gasteiger partial charge in [0.1, 0.15) is 18.0 Å². The molecular formula is C24H24ClN3O7S. The molecule has 0 aliphatic heterocycles. The third-order valence-corrected chi connectivity index (χ3v) is 6.96. The average Bonchev–Trinajstić information content (AvgIpc) is 2.87. The number of para-hydroxylation sites is 1. The van der Waals surface area contributed by atoms with Crippen LogP contribution in [0.15, 0.2) is 70.7 Å². The highest BCUT2D eigenvalue weighted by molar-refractivity contribution is 7.92. The van der Waals surface area contributed by atoms with Crippen LogP contribution in [0.5, 0.6) is 23.0 Å². The third kappa shape index (κ3) is 5.99. The van der Waals surface area contributed by atoms with Crippen molar-refractivity contribution in [3.05, 3.63) is 71.2 Å². The lowest BCUT2D eigenvalue weighted by atomic mass is 10.2. The smallest absolute Gasteiger partial charge is 0.265 e. The third-order valence-electron chi connectivity index (χ3n) is 4.97. The average molecular weight is 534 g/mol. The Bertz CT molecular complexity index is 1380. The number of methoxy groups -OCH3 is 3. The number of carbonyl (C=O) groups is 1. The number of amides is 1. The zero-order valence-electron chi connectivity index (χ0n) is 19.6. The number of sulfonamides is 1. The van der Waals surface area contributed by atoms with E-state index in [1.807, 2.05) is 0 Å². The summed E-state index contributed by atoms with van der Waals surface area (Å²) in [5, 5.41) is 13.9. The molecular weight excluding hydrogens is 510 g/mol. The van der Waals surface area contributed by atoms with Gasteiger partial charge in [0.15, 0.2) is 11.5 Å². The Balaban J connectivity index is 1.99. The highest BCUT2D eigenvalue weighted by Gasteiger charge is 2.30. The molecule has 3 aromatic carbocycles. The van der Waals surface area contributed by atoms with E-state index in [-0.39, 0.29) is 32.9 Å². The van der Waals surface area contributed by atoms with Gasteiger partial charge < -0.3 is 19.3 Å². The summed E-state index contributed by atoms with van der Waals surface area (Å²) in [6.45, 7) is -0.661. The monoisotopic (exact) mass is 533 g/mol. The minimum absolute atomic E-state index is 0.0307. The number of hydrogen-bond donors (Lipinski definition) is 2. The predicted octanol–water partition coefficient (Wildman–Crippen LogP) is 3.42. The fourth-order valence-electron chi connectivity index (χ4n) is 3.20. The van der Waals surface area contributed by atoms with Gasteiger partial charge >= 0.3 is 0 Å². The number of halogens is 1. The molecule has 0 saturated carbocycles. The van der Waals surface area contributed by atoms with Crippen molar-refractivity contribution in [2.75, 3.05) is 32.2 Å². The van der Waals surface area contributed by atoms with Gasteiger partial charge in [0.25, 0.3) is 15.9 Å².